The van der Waals surface area contributed by atoms with Crippen LogP contribution in [0.3, 0.4) is 0 Å². The zero-order chi connectivity index (χ0) is 34.2. The van der Waals surface area contributed by atoms with Crippen LogP contribution in [0.5, 0.6) is 0 Å². The van der Waals surface area contributed by atoms with Crippen molar-refractivity contribution in [2.45, 2.75) is 0 Å². The highest BCUT2D eigenvalue weighted by Gasteiger charge is 2.20. The van der Waals surface area contributed by atoms with Gasteiger partial charge in [0, 0.05) is 47.6 Å². The molecule has 0 fully saturated rings. The average Bonchev–Trinajstić information content (AvgIpc) is 3.78. The van der Waals surface area contributed by atoms with Crippen molar-refractivity contribution in [2.75, 3.05) is 0 Å². The molecule has 52 heavy (non-hydrogen) atoms. The summed E-state index contributed by atoms with van der Waals surface area (Å²) in [6.45, 7) is 0. The molecule has 0 bridgehead atoms. The molecule has 0 radical (unpaired) electrons. The van der Waals surface area contributed by atoms with E-state index in [2.05, 4.69) is 152 Å². The van der Waals surface area contributed by atoms with Crippen molar-refractivity contribution in [1.82, 2.24) is 15.0 Å². The SMILES string of the molecule is c1ccc2cc(-c3ccc4oc5cccc(-c6nc(-c7ccc8ccccc8c7)nc(-c7cccc8c7sc7ccccc78)n6)c5c4c3)ccc2c1. The van der Waals surface area contributed by atoms with Crippen LogP contribution in [-0.2, 0) is 0 Å². The average molecular weight is 682 g/mol. The largest absolute Gasteiger partial charge is 0.456 e. The molecule has 242 valence electrons. The predicted octanol–water partition coefficient (Wildman–Crippen LogP) is 13.1. The molecule has 4 nitrogen and oxygen atoms in total. The highest BCUT2D eigenvalue weighted by molar-refractivity contribution is 7.26. The van der Waals surface area contributed by atoms with Crippen LogP contribution in [-0.4, -0.2) is 15.0 Å². The lowest BCUT2D eigenvalue weighted by molar-refractivity contribution is 0.669. The van der Waals surface area contributed by atoms with E-state index in [0.717, 1.165) is 59.8 Å². The van der Waals surface area contributed by atoms with Gasteiger partial charge in [0.05, 0.1) is 0 Å². The molecule has 11 rings (SSSR count). The van der Waals surface area contributed by atoms with E-state index in [4.69, 9.17) is 19.4 Å². The Kier molecular flexibility index (Phi) is 6.39. The number of rotatable bonds is 4. The van der Waals surface area contributed by atoms with E-state index in [-0.39, 0.29) is 0 Å². The Morgan fingerprint density at radius 3 is 1.81 bits per heavy atom. The number of nitrogens with zero attached hydrogens (tertiary/aromatic N) is 3. The first kappa shape index (κ1) is 29.1. The Balaban J connectivity index is 1.16. The van der Waals surface area contributed by atoms with Crippen LogP contribution in [0.15, 0.2) is 168 Å². The Labute approximate surface area is 302 Å². The lowest BCUT2D eigenvalue weighted by Crippen LogP contribution is -2.00. The van der Waals surface area contributed by atoms with Gasteiger partial charge in [-0.1, -0.05) is 121 Å². The van der Waals surface area contributed by atoms with Gasteiger partial charge in [0.15, 0.2) is 17.5 Å². The van der Waals surface area contributed by atoms with Gasteiger partial charge in [-0.15, -0.1) is 11.3 Å². The summed E-state index contributed by atoms with van der Waals surface area (Å²) in [5, 5.41) is 9.21. The van der Waals surface area contributed by atoms with Crippen molar-refractivity contribution in [3.63, 3.8) is 0 Å². The van der Waals surface area contributed by atoms with Crippen molar-refractivity contribution in [3.05, 3.63) is 164 Å². The maximum absolute atomic E-state index is 6.48. The third-order valence-electron chi connectivity index (χ3n) is 10.1. The summed E-state index contributed by atoms with van der Waals surface area (Å²) in [5.74, 6) is 1.88. The second-order valence-electron chi connectivity index (χ2n) is 13.2. The molecular weight excluding hydrogens is 655 g/mol. The molecule has 0 unspecified atom stereocenters. The highest BCUT2D eigenvalue weighted by Crippen LogP contribution is 2.42. The molecule has 0 atom stereocenters. The standard InChI is InChI=1S/C47H27N3OS/c1-3-11-30-25-32(21-19-28(30)9-1)33-23-24-40-39(27-33)43-37(15-8-17-41(43)51-40)46-48-45(34-22-20-29-10-2-4-12-31(29)26-34)49-47(50-46)38-16-7-14-36-35-13-5-6-18-42(35)52-44(36)38/h1-27H. The van der Waals surface area contributed by atoms with E-state index < -0.39 is 0 Å². The monoisotopic (exact) mass is 681 g/mol. The van der Waals surface area contributed by atoms with Gasteiger partial charge in [-0.2, -0.15) is 0 Å². The van der Waals surface area contributed by atoms with E-state index in [1.165, 1.54) is 31.6 Å². The van der Waals surface area contributed by atoms with Crippen molar-refractivity contribution >= 4 is 75.0 Å². The van der Waals surface area contributed by atoms with E-state index in [9.17, 15) is 0 Å². The molecule has 5 heteroatoms. The summed E-state index contributed by atoms with van der Waals surface area (Å²) in [6.07, 6.45) is 0. The second-order valence-corrected chi connectivity index (χ2v) is 14.3. The first-order valence-corrected chi connectivity index (χ1v) is 18.2. The van der Waals surface area contributed by atoms with Crippen LogP contribution in [0.1, 0.15) is 0 Å². The maximum atomic E-state index is 6.48. The smallest absolute Gasteiger partial charge is 0.165 e. The number of fused-ring (bicyclic) bond motifs is 8. The molecule has 0 aliphatic heterocycles. The zero-order valence-electron chi connectivity index (χ0n) is 27.7. The molecule has 11 aromatic rings. The zero-order valence-corrected chi connectivity index (χ0v) is 28.6. The fourth-order valence-corrected chi connectivity index (χ4v) is 8.77. The number of hydrogen-bond donors (Lipinski definition) is 0. The third-order valence-corrected chi connectivity index (χ3v) is 11.3. The minimum atomic E-state index is 0.607. The summed E-state index contributed by atoms with van der Waals surface area (Å²) in [6, 6.07) is 57.5. The lowest BCUT2D eigenvalue weighted by Gasteiger charge is -2.10. The van der Waals surface area contributed by atoms with Gasteiger partial charge in [0.2, 0.25) is 0 Å². The topological polar surface area (TPSA) is 51.8 Å². The molecule has 0 aliphatic rings. The third kappa shape index (κ3) is 4.64. The van der Waals surface area contributed by atoms with Crippen LogP contribution in [0.4, 0.5) is 0 Å². The molecular formula is C47H27N3OS. The molecule has 3 heterocycles. The van der Waals surface area contributed by atoms with E-state index >= 15 is 0 Å². The van der Waals surface area contributed by atoms with Gasteiger partial charge in [0.25, 0.3) is 0 Å². The number of benzene rings is 8. The summed E-state index contributed by atoms with van der Waals surface area (Å²) >= 11 is 1.78. The van der Waals surface area contributed by atoms with Crippen molar-refractivity contribution in [1.29, 1.82) is 0 Å². The molecule has 0 saturated carbocycles. The van der Waals surface area contributed by atoms with Crippen molar-refractivity contribution < 1.29 is 4.42 Å². The molecule has 3 aromatic heterocycles. The Morgan fingerprint density at radius 2 is 0.981 bits per heavy atom. The van der Waals surface area contributed by atoms with Gasteiger partial charge < -0.3 is 4.42 Å². The summed E-state index contributed by atoms with van der Waals surface area (Å²) in [5.41, 5.74) is 6.74. The van der Waals surface area contributed by atoms with Gasteiger partial charge in [-0.3, -0.25) is 0 Å². The number of aromatic nitrogens is 3. The molecule has 8 aromatic carbocycles. The fourth-order valence-electron chi connectivity index (χ4n) is 7.56. The van der Waals surface area contributed by atoms with Crippen LogP contribution in [0.2, 0.25) is 0 Å². The Bertz CT molecular complexity index is 3210. The second kappa shape index (κ2) is 11.4. The summed E-state index contributed by atoms with van der Waals surface area (Å²) in [4.78, 5) is 15.7. The highest BCUT2D eigenvalue weighted by atomic mass is 32.1. The van der Waals surface area contributed by atoms with Crippen molar-refractivity contribution in [2.24, 2.45) is 0 Å². The molecule has 0 saturated heterocycles. The molecule has 0 aliphatic carbocycles. The van der Waals surface area contributed by atoms with Crippen LogP contribution in [0, 0.1) is 0 Å². The van der Waals surface area contributed by atoms with Crippen LogP contribution in [0.25, 0.3) is 109 Å². The van der Waals surface area contributed by atoms with Gasteiger partial charge >= 0.3 is 0 Å². The normalized spacial score (nSPS) is 11.8. The van der Waals surface area contributed by atoms with Gasteiger partial charge in [-0.05, 0) is 75.1 Å². The van der Waals surface area contributed by atoms with E-state index in [0.29, 0.717) is 17.5 Å². The molecule has 0 amide bonds. The number of thiophene rings is 1. The quantitative estimate of drug-likeness (QED) is 0.185. The first-order chi connectivity index (χ1) is 25.7. The van der Waals surface area contributed by atoms with E-state index in [1.807, 2.05) is 12.1 Å². The number of furan rings is 1. The Hall–Kier alpha value is -6.69. The van der Waals surface area contributed by atoms with Crippen molar-refractivity contribution in [3.8, 4) is 45.3 Å². The van der Waals surface area contributed by atoms with Crippen LogP contribution >= 0.6 is 11.3 Å². The molecule has 0 N–H and O–H groups in total. The van der Waals surface area contributed by atoms with Gasteiger partial charge in [0.1, 0.15) is 11.2 Å². The predicted molar refractivity (Wildman–Crippen MR) is 217 cm³/mol. The maximum Gasteiger partial charge on any atom is 0.165 e. The van der Waals surface area contributed by atoms with Gasteiger partial charge in [-0.25, -0.2) is 15.0 Å². The summed E-state index contributed by atoms with van der Waals surface area (Å²) < 4.78 is 8.88. The fraction of sp³-hybridized carbons (Fsp3) is 0. The first-order valence-electron chi connectivity index (χ1n) is 17.3. The lowest BCUT2D eigenvalue weighted by atomic mass is 9.98. The minimum Gasteiger partial charge on any atom is -0.456 e. The molecule has 0 spiro atoms. The minimum absolute atomic E-state index is 0.607. The van der Waals surface area contributed by atoms with Crippen LogP contribution < -0.4 is 0 Å². The van der Waals surface area contributed by atoms with E-state index in [1.54, 1.807) is 11.3 Å². The Morgan fingerprint density at radius 1 is 0.385 bits per heavy atom. The number of hydrogen-bond acceptors (Lipinski definition) is 5. The summed E-state index contributed by atoms with van der Waals surface area (Å²) in [7, 11) is 0.